The molecule has 0 aliphatic carbocycles. The van der Waals surface area contributed by atoms with Gasteiger partial charge >= 0.3 is 5.97 Å². The first-order valence-electron chi connectivity index (χ1n) is 4.39. The second-order valence-electron chi connectivity index (χ2n) is 3.25. The van der Waals surface area contributed by atoms with E-state index in [9.17, 15) is 9.59 Å². The summed E-state index contributed by atoms with van der Waals surface area (Å²) < 4.78 is 1.59. The highest BCUT2D eigenvalue weighted by Gasteiger charge is 2.12. The van der Waals surface area contributed by atoms with Gasteiger partial charge in [-0.2, -0.15) is 0 Å². The third kappa shape index (κ3) is 2.08. The standard InChI is InChI=1S/C11H11NO3/c1-4-7(2)12-6-9(11(14)15)10(13)5-8(12)3/h1,5-7H,2-3H3,(H,14,15). The molecule has 0 amide bonds. The summed E-state index contributed by atoms with van der Waals surface area (Å²) in [6, 6.07) is 1.00. The van der Waals surface area contributed by atoms with Crippen LogP contribution < -0.4 is 5.43 Å². The van der Waals surface area contributed by atoms with Gasteiger partial charge in [0.25, 0.3) is 0 Å². The molecule has 0 spiro atoms. The second kappa shape index (κ2) is 4.01. The van der Waals surface area contributed by atoms with Gasteiger partial charge in [-0.1, -0.05) is 5.92 Å². The fourth-order valence-corrected chi connectivity index (χ4v) is 1.30. The largest absolute Gasteiger partial charge is 0.477 e. The minimum absolute atomic E-state index is 0.261. The van der Waals surface area contributed by atoms with Crippen molar-refractivity contribution < 1.29 is 9.90 Å². The van der Waals surface area contributed by atoms with E-state index in [1.807, 2.05) is 0 Å². The van der Waals surface area contributed by atoms with Crippen molar-refractivity contribution in [2.24, 2.45) is 0 Å². The van der Waals surface area contributed by atoms with E-state index in [1.54, 1.807) is 18.4 Å². The molecule has 4 heteroatoms. The number of hydrogen-bond donors (Lipinski definition) is 1. The van der Waals surface area contributed by atoms with Crippen molar-refractivity contribution in [1.82, 2.24) is 4.57 Å². The number of terminal acetylenes is 1. The summed E-state index contributed by atoms with van der Waals surface area (Å²) >= 11 is 0. The number of carbonyl (C=O) groups is 1. The summed E-state index contributed by atoms with van der Waals surface area (Å²) in [5, 5.41) is 8.77. The molecule has 0 aliphatic rings. The Labute approximate surface area is 87.2 Å². The lowest BCUT2D eigenvalue weighted by Gasteiger charge is -2.14. The number of carboxylic acid groups (broad SMARTS) is 1. The van der Waals surface area contributed by atoms with Crippen molar-refractivity contribution >= 4 is 5.97 Å². The SMILES string of the molecule is C#CC(C)n1cc(C(=O)O)c(=O)cc1C. The van der Waals surface area contributed by atoms with Gasteiger partial charge in [-0.3, -0.25) is 4.79 Å². The lowest BCUT2D eigenvalue weighted by Crippen LogP contribution is -2.20. The van der Waals surface area contributed by atoms with Crippen molar-refractivity contribution in [2.75, 3.05) is 0 Å². The molecule has 0 aromatic carbocycles. The van der Waals surface area contributed by atoms with Crippen LogP contribution in [0.25, 0.3) is 0 Å². The maximum Gasteiger partial charge on any atom is 0.341 e. The van der Waals surface area contributed by atoms with E-state index in [0.29, 0.717) is 5.69 Å². The number of aromatic carboxylic acids is 1. The van der Waals surface area contributed by atoms with Crippen molar-refractivity contribution in [2.45, 2.75) is 19.9 Å². The summed E-state index contributed by atoms with van der Waals surface area (Å²) in [4.78, 5) is 22.0. The Bertz CT molecular complexity index is 494. The van der Waals surface area contributed by atoms with Gasteiger partial charge in [-0.15, -0.1) is 6.42 Å². The molecule has 15 heavy (non-hydrogen) atoms. The molecule has 78 valence electrons. The molecule has 1 unspecified atom stereocenters. The summed E-state index contributed by atoms with van der Waals surface area (Å²) in [5.74, 6) is 1.24. The highest BCUT2D eigenvalue weighted by Crippen LogP contribution is 2.08. The number of aromatic nitrogens is 1. The van der Waals surface area contributed by atoms with Gasteiger partial charge in [0.15, 0.2) is 5.43 Å². The molecule has 1 atom stereocenters. The van der Waals surface area contributed by atoms with E-state index in [1.165, 1.54) is 12.3 Å². The third-order valence-corrected chi connectivity index (χ3v) is 2.17. The van der Waals surface area contributed by atoms with Crippen LogP contribution in [0.5, 0.6) is 0 Å². The van der Waals surface area contributed by atoms with Crippen molar-refractivity contribution in [3.05, 3.63) is 33.7 Å². The average Bonchev–Trinajstić information content (AvgIpc) is 2.16. The summed E-state index contributed by atoms with van der Waals surface area (Å²) in [5.41, 5.74) is -0.112. The molecule has 1 aromatic heterocycles. The maximum atomic E-state index is 11.3. The van der Waals surface area contributed by atoms with Crippen LogP contribution in [-0.2, 0) is 0 Å². The molecule has 1 N–H and O–H groups in total. The number of carboxylic acids is 1. The number of hydrogen-bond acceptors (Lipinski definition) is 2. The lowest BCUT2D eigenvalue weighted by molar-refractivity contribution is 0.0694. The molecule has 0 radical (unpaired) electrons. The smallest absolute Gasteiger partial charge is 0.341 e. The van der Waals surface area contributed by atoms with E-state index >= 15 is 0 Å². The Morgan fingerprint density at radius 2 is 2.27 bits per heavy atom. The van der Waals surface area contributed by atoms with Gasteiger partial charge in [0.05, 0.1) is 6.04 Å². The summed E-state index contributed by atoms with van der Waals surface area (Å²) in [6.45, 7) is 3.46. The van der Waals surface area contributed by atoms with Crippen molar-refractivity contribution in [1.29, 1.82) is 0 Å². The van der Waals surface area contributed by atoms with Gasteiger partial charge in [0.1, 0.15) is 5.56 Å². The monoisotopic (exact) mass is 205 g/mol. The number of nitrogens with zero attached hydrogens (tertiary/aromatic N) is 1. The fraction of sp³-hybridized carbons (Fsp3) is 0.273. The molecule has 0 bridgehead atoms. The molecular formula is C11H11NO3. The highest BCUT2D eigenvalue weighted by atomic mass is 16.4. The van der Waals surface area contributed by atoms with Crippen LogP contribution in [0, 0.1) is 19.3 Å². The van der Waals surface area contributed by atoms with Crippen LogP contribution >= 0.6 is 0 Å². The zero-order valence-corrected chi connectivity index (χ0v) is 8.52. The zero-order valence-electron chi connectivity index (χ0n) is 8.52. The third-order valence-electron chi connectivity index (χ3n) is 2.17. The number of aryl methyl sites for hydroxylation is 1. The van der Waals surface area contributed by atoms with Gasteiger partial charge in [-0.25, -0.2) is 4.79 Å². The molecule has 1 heterocycles. The Hall–Kier alpha value is -2.02. The molecule has 0 saturated carbocycles. The quantitative estimate of drug-likeness (QED) is 0.734. The second-order valence-corrected chi connectivity index (χ2v) is 3.25. The Kier molecular flexibility index (Phi) is 2.96. The van der Waals surface area contributed by atoms with Crippen LogP contribution in [0.4, 0.5) is 0 Å². The van der Waals surface area contributed by atoms with Crippen LogP contribution in [0.15, 0.2) is 17.1 Å². The molecule has 0 aliphatic heterocycles. The summed E-state index contributed by atoms with van der Waals surface area (Å²) in [6.07, 6.45) is 6.52. The van der Waals surface area contributed by atoms with Crippen LogP contribution in [-0.4, -0.2) is 15.6 Å². The molecular weight excluding hydrogens is 194 g/mol. The van der Waals surface area contributed by atoms with E-state index < -0.39 is 11.4 Å². The predicted molar refractivity (Wildman–Crippen MR) is 55.9 cm³/mol. The Morgan fingerprint density at radius 3 is 2.73 bits per heavy atom. The normalized spacial score (nSPS) is 11.8. The van der Waals surface area contributed by atoms with Crippen molar-refractivity contribution in [3.63, 3.8) is 0 Å². The maximum absolute atomic E-state index is 11.3. The summed E-state index contributed by atoms with van der Waals surface area (Å²) in [7, 11) is 0. The minimum atomic E-state index is -1.24. The van der Waals surface area contributed by atoms with E-state index in [4.69, 9.17) is 11.5 Å². The first-order chi connectivity index (χ1) is 6.97. The molecule has 0 saturated heterocycles. The zero-order chi connectivity index (χ0) is 11.6. The molecule has 4 nitrogen and oxygen atoms in total. The fourth-order valence-electron chi connectivity index (χ4n) is 1.30. The first kappa shape index (κ1) is 11.1. The molecule has 1 aromatic rings. The number of rotatable bonds is 2. The van der Waals surface area contributed by atoms with Gasteiger partial charge in [-0.05, 0) is 13.8 Å². The molecule has 1 rings (SSSR count). The van der Waals surface area contributed by atoms with Crippen LogP contribution in [0.2, 0.25) is 0 Å². The van der Waals surface area contributed by atoms with E-state index in [2.05, 4.69) is 5.92 Å². The lowest BCUT2D eigenvalue weighted by atomic mass is 10.2. The van der Waals surface area contributed by atoms with Gasteiger partial charge in [0.2, 0.25) is 0 Å². The number of pyridine rings is 1. The van der Waals surface area contributed by atoms with Crippen LogP contribution in [0.3, 0.4) is 0 Å². The van der Waals surface area contributed by atoms with E-state index in [-0.39, 0.29) is 11.6 Å². The van der Waals surface area contributed by atoms with Crippen LogP contribution in [0.1, 0.15) is 29.0 Å². The minimum Gasteiger partial charge on any atom is -0.477 e. The first-order valence-corrected chi connectivity index (χ1v) is 4.39. The molecule has 0 fully saturated rings. The van der Waals surface area contributed by atoms with Gasteiger partial charge < -0.3 is 9.67 Å². The predicted octanol–water partition coefficient (Wildman–Crippen LogP) is 1.05. The van der Waals surface area contributed by atoms with Crippen molar-refractivity contribution in [3.8, 4) is 12.3 Å². The Morgan fingerprint density at radius 1 is 1.67 bits per heavy atom. The average molecular weight is 205 g/mol. The van der Waals surface area contributed by atoms with Gasteiger partial charge in [0, 0.05) is 18.0 Å². The topological polar surface area (TPSA) is 59.3 Å². The van der Waals surface area contributed by atoms with E-state index in [0.717, 1.165) is 0 Å². The highest BCUT2D eigenvalue weighted by molar-refractivity contribution is 5.87. The Balaban J connectivity index is 3.44.